The topological polar surface area (TPSA) is 73.0 Å². The van der Waals surface area contributed by atoms with Gasteiger partial charge in [-0.15, -0.1) is 0 Å². The highest BCUT2D eigenvalue weighted by atomic mass is 19.4. The largest absolute Gasteiger partial charge is 0.487 e. The zero-order valence-electron chi connectivity index (χ0n) is 17.9. The number of imidazole rings is 1. The number of rotatable bonds is 8. The second-order valence-corrected chi connectivity index (χ2v) is 6.91. The molecule has 0 aliphatic carbocycles. The summed E-state index contributed by atoms with van der Waals surface area (Å²) in [5.74, 6) is -1.30. The number of anilines is 1. The quantitative estimate of drug-likeness (QED) is 0.205. The first-order valence-corrected chi connectivity index (χ1v) is 9.66. The van der Waals surface area contributed by atoms with E-state index in [1.54, 1.807) is 6.07 Å². The minimum absolute atomic E-state index is 0.0156. The zero-order chi connectivity index (χ0) is 24.9. The summed E-state index contributed by atoms with van der Waals surface area (Å²) < 4.78 is 86.1. The first-order valence-electron chi connectivity index (χ1n) is 9.66. The minimum atomic E-state index is -4.78. The van der Waals surface area contributed by atoms with Crippen molar-refractivity contribution in [2.45, 2.75) is 18.9 Å². The summed E-state index contributed by atoms with van der Waals surface area (Å²) in [5, 5.41) is 6.52. The first-order chi connectivity index (χ1) is 16.0. The van der Waals surface area contributed by atoms with Gasteiger partial charge in [-0.25, -0.2) is 4.98 Å². The van der Waals surface area contributed by atoms with Crippen LogP contribution in [0.2, 0.25) is 0 Å². The number of aromatic nitrogens is 2. The summed E-state index contributed by atoms with van der Waals surface area (Å²) in [6, 6.07) is 8.52. The molecule has 182 valence electrons. The molecular weight excluding hydrogens is 468 g/mol. The Balaban J connectivity index is 1.93. The van der Waals surface area contributed by atoms with Gasteiger partial charge in [0.05, 0.1) is 29.5 Å². The molecule has 0 unspecified atom stereocenters. The third-order valence-electron chi connectivity index (χ3n) is 4.49. The number of aliphatic imine (C=N–C) groups is 1. The second-order valence-electron chi connectivity index (χ2n) is 6.91. The van der Waals surface area contributed by atoms with E-state index in [0.717, 1.165) is 22.8 Å². The second kappa shape index (κ2) is 10.0. The van der Waals surface area contributed by atoms with E-state index in [4.69, 9.17) is 9.57 Å². The molecule has 0 spiro atoms. The molecule has 0 atom stereocenters. The van der Waals surface area contributed by atoms with Gasteiger partial charge in [0, 0.05) is 12.7 Å². The maximum atomic E-state index is 13.7. The fourth-order valence-corrected chi connectivity index (χ4v) is 3.07. The highest BCUT2D eigenvalue weighted by Gasteiger charge is 2.38. The van der Waals surface area contributed by atoms with Crippen molar-refractivity contribution in [3.8, 4) is 5.75 Å². The molecule has 0 radical (unpaired) electrons. The molecule has 2 aromatic carbocycles. The molecule has 0 saturated heterocycles. The predicted octanol–water partition coefficient (Wildman–Crippen LogP) is 5.23. The van der Waals surface area contributed by atoms with Gasteiger partial charge in [0.25, 0.3) is 0 Å². The summed E-state index contributed by atoms with van der Waals surface area (Å²) in [4.78, 5) is 12.2. The van der Waals surface area contributed by atoms with Crippen LogP contribution in [0.1, 0.15) is 11.4 Å². The number of alkyl halides is 6. The van der Waals surface area contributed by atoms with Crippen LogP contribution in [-0.4, -0.2) is 42.4 Å². The molecule has 1 heterocycles. The van der Waals surface area contributed by atoms with E-state index in [1.807, 2.05) is 0 Å². The first kappa shape index (κ1) is 24.9. The van der Waals surface area contributed by atoms with Crippen LogP contribution in [-0.2, 0) is 23.7 Å². The van der Waals surface area contributed by atoms with E-state index in [-0.39, 0.29) is 22.5 Å². The number of hydrogen-bond donors (Lipinski definition) is 1. The van der Waals surface area contributed by atoms with E-state index in [1.165, 1.54) is 38.7 Å². The summed E-state index contributed by atoms with van der Waals surface area (Å²) in [5.41, 5.74) is -0.242. The highest BCUT2D eigenvalue weighted by Crippen LogP contribution is 2.33. The Bertz CT molecular complexity index is 1200. The zero-order valence-corrected chi connectivity index (χ0v) is 17.9. The van der Waals surface area contributed by atoms with Gasteiger partial charge in [0.2, 0.25) is 5.82 Å². The van der Waals surface area contributed by atoms with Crippen molar-refractivity contribution in [1.29, 1.82) is 0 Å². The van der Waals surface area contributed by atoms with Gasteiger partial charge in [0.15, 0.2) is 0 Å². The Morgan fingerprint density at radius 3 is 2.50 bits per heavy atom. The molecule has 3 rings (SSSR count). The maximum absolute atomic E-state index is 13.7. The van der Waals surface area contributed by atoms with Crippen LogP contribution >= 0.6 is 0 Å². The Morgan fingerprint density at radius 1 is 1.09 bits per heavy atom. The van der Waals surface area contributed by atoms with Crippen molar-refractivity contribution in [2.24, 2.45) is 10.1 Å². The molecule has 0 amide bonds. The van der Waals surface area contributed by atoms with Crippen LogP contribution in [0.5, 0.6) is 5.75 Å². The highest BCUT2D eigenvalue weighted by molar-refractivity contribution is 5.89. The van der Waals surface area contributed by atoms with Gasteiger partial charge in [-0.2, -0.15) is 26.3 Å². The predicted molar refractivity (Wildman–Crippen MR) is 114 cm³/mol. The number of halogens is 6. The summed E-state index contributed by atoms with van der Waals surface area (Å²) >= 11 is 0. The van der Waals surface area contributed by atoms with Crippen LogP contribution in [0.15, 0.2) is 52.6 Å². The standard InChI is InChI=1S/C21H19F6N5O2/c1-28-12-29-14-6-7-17-18(9-14)32(19(30-17)21(25,26)27)10-15(31-33-2)11-34-16-5-3-4-13(8-16)20(22,23)24/h3-9,12H,10-11H2,1-2H3,(H,28,29). The van der Waals surface area contributed by atoms with Crippen LogP contribution in [0.25, 0.3) is 11.0 Å². The molecule has 34 heavy (non-hydrogen) atoms. The van der Waals surface area contributed by atoms with Crippen LogP contribution < -0.4 is 10.1 Å². The lowest BCUT2D eigenvalue weighted by molar-refractivity contribution is -0.146. The van der Waals surface area contributed by atoms with Crippen molar-refractivity contribution < 1.29 is 35.9 Å². The van der Waals surface area contributed by atoms with E-state index < -0.39 is 36.9 Å². The fraction of sp³-hybridized carbons (Fsp3) is 0.286. The molecule has 0 aliphatic rings. The molecule has 7 nitrogen and oxygen atoms in total. The molecule has 0 fully saturated rings. The van der Waals surface area contributed by atoms with Gasteiger partial charge in [-0.05, 0) is 36.4 Å². The summed E-state index contributed by atoms with van der Waals surface area (Å²) in [7, 11) is 2.71. The SMILES string of the molecule is CN=CNc1ccc2nc(C(F)(F)F)n(CC(COc3cccc(C(F)(F)F)c3)=NOC)c2c1. The number of nitrogens with zero attached hydrogens (tertiary/aromatic N) is 4. The van der Waals surface area contributed by atoms with E-state index in [2.05, 4.69) is 20.4 Å². The third kappa shape index (κ3) is 5.97. The molecule has 0 aliphatic heterocycles. The van der Waals surface area contributed by atoms with Gasteiger partial charge >= 0.3 is 12.4 Å². The van der Waals surface area contributed by atoms with E-state index in [9.17, 15) is 26.3 Å². The van der Waals surface area contributed by atoms with Crippen LogP contribution in [0, 0.1) is 0 Å². The number of benzene rings is 2. The molecule has 3 aromatic rings. The van der Waals surface area contributed by atoms with Crippen molar-refractivity contribution in [3.05, 3.63) is 53.9 Å². The third-order valence-corrected chi connectivity index (χ3v) is 4.49. The molecule has 13 heteroatoms. The number of oxime groups is 1. The fourth-order valence-electron chi connectivity index (χ4n) is 3.07. The lowest BCUT2D eigenvalue weighted by Gasteiger charge is -2.14. The summed E-state index contributed by atoms with van der Waals surface area (Å²) in [6.45, 7) is -0.865. The smallest absolute Gasteiger partial charge is 0.449 e. The average Bonchev–Trinajstić information content (AvgIpc) is 3.14. The number of hydrogen-bond acceptors (Lipinski definition) is 5. The van der Waals surface area contributed by atoms with Crippen molar-refractivity contribution >= 4 is 28.8 Å². The monoisotopic (exact) mass is 487 g/mol. The molecule has 1 N–H and O–H groups in total. The Morgan fingerprint density at radius 2 is 1.85 bits per heavy atom. The Kier molecular flexibility index (Phi) is 7.32. The number of ether oxygens (including phenoxy) is 1. The summed E-state index contributed by atoms with van der Waals surface area (Å²) in [6.07, 6.45) is -7.99. The van der Waals surface area contributed by atoms with Crippen LogP contribution in [0.3, 0.4) is 0 Å². The average molecular weight is 487 g/mol. The van der Waals surface area contributed by atoms with Crippen molar-refractivity contribution in [1.82, 2.24) is 9.55 Å². The number of fused-ring (bicyclic) bond motifs is 1. The van der Waals surface area contributed by atoms with Gasteiger partial charge in [-0.3, -0.25) is 4.99 Å². The van der Waals surface area contributed by atoms with Crippen molar-refractivity contribution in [3.63, 3.8) is 0 Å². The van der Waals surface area contributed by atoms with Crippen LogP contribution in [0.4, 0.5) is 32.0 Å². The lowest BCUT2D eigenvalue weighted by Crippen LogP contribution is -2.23. The molecule has 0 bridgehead atoms. The normalized spacial score (nSPS) is 13.0. The molecular formula is C21H19F6N5O2. The van der Waals surface area contributed by atoms with E-state index in [0.29, 0.717) is 5.69 Å². The molecule has 0 saturated carbocycles. The minimum Gasteiger partial charge on any atom is -0.487 e. The number of nitrogens with one attached hydrogen (secondary N) is 1. The maximum Gasteiger partial charge on any atom is 0.449 e. The van der Waals surface area contributed by atoms with Gasteiger partial charge in [-0.1, -0.05) is 11.2 Å². The molecule has 1 aromatic heterocycles. The van der Waals surface area contributed by atoms with Gasteiger partial charge in [0.1, 0.15) is 25.2 Å². The van der Waals surface area contributed by atoms with Crippen molar-refractivity contribution in [2.75, 3.05) is 26.1 Å². The van der Waals surface area contributed by atoms with Gasteiger partial charge < -0.3 is 19.5 Å². The lowest BCUT2D eigenvalue weighted by atomic mass is 10.2. The van der Waals surface area contributed by atoms with E-state index >= 15 is 0 Å². The Labute approximate surface area is 189 Å². The Hall–Kier alpha value is -3.77.